The number of hydrogen-bond donors (Lipinski definition) is 1. The summed E-state index contributed by atoms with van der Waals surface area (Å²) < 4.78 is 2.04. The molecule has 0 radical (unpaired) electrons. The number of aromatic nitrogens is 2. The van der Waals surface area contributed by atoms with Gasteiger partial charge in [0.1, 0.15) is 0 Å². The minimum absolute atomic E-state index is 0.842. The first-order valence-electron chi connectivity index (χ1n) is 5.65. The summed E-state index contributed by atoms with van der Waals surface area (Å²) in [5.74, 6) is 0. The third kappa shape index (κ3) is 2.70. The maximum absolute atomic E-state index is 4.34. The van der Waals surface area contributed by atoms with E-state index in [9.17, 15) is 0 Å². The van der Waals surface area contributed by atoms with E-state index >= 15 is 0 Å². The predicted octanol–water partition coefficient (Wildman–Crippen LogP) is 2.04. The van der Waals surface area contributed by atoms with Crippen molar-refractivity contribution in [1.82, 2.24) is 15.1 Å². The van der Waals surface area contributed by atoms with Crippen molar-refractivity contribution in [2.45, 2.75) is 20.0 Å². The Morgan fingerprint density at radius 1 is 1.19 bits per heavy atom. The molecule has 1 N–H and O–H groups in total. The molecule has 0 saturated heterocycles. The predicted molar refractivity (Wildman–Crippen MR) is 65.2 cm³/mol. The summed E-state index contributed by atoms with van der Waals surface area (Å²) in [6.07, 6.45) is 1.86. The van der Waals surface area contributed by atoms with Crippen molar-refractivity contribution in [3.63, 3.8) is 0 Å². The Morgan fingerprint density at radius 2 is 2.00 bits per heavy atom. The number of nitrogens with zero attached hydrogens (tertiary/aromatic N) is 2. The molecule has 2 rings (SSSR count). The summed E-state index contributed by atoms with van der Waals surface area (Å²) >= 11 is 0. The summed E-state index contributed by atoms with van der Waals surface area (Å²) in [5.41, 5.74) is 2.51. The average Bonchev–Trinajstić information content (AvgIpc) is 2.75. The monoisotopic (exact) mass is 215 g/mol. The molecule has 0 aliphatic carbocycles. The summed E-state index contributed by atoms with van der Waals surface area (Å²) in [6.45, 7) is 4.81. The molecule has 0 saturated carbocycles. The second-order valence-electron chi connectivity index (χ2n) is 3.75. The third-order valence-electron chi connectivity index (χ3n) is 2.54. The number of hydrogen-bond acceptors (Lipinski definition) is 2. The molecule has 0 unspecified atom stereocenters. The molecule has 0 aliphatic heterocycles. The van der Waals surface area contributed by atoms with Gasteiger partial charge < -0.3 is 5.32 Å². The molecule has 2 aromatic rings. The van der Waals surface area contributed by atoms with Crippen LogP contribution in [0.2, 0.25) is 0 Å². The molecule has 1 aromatic carbocycles. The zero-order valence-corrected chi connectivity index (χ0v) is 9.56. The summed E-state index contributed by atoms with van der Waals surface area (Å²) in [7, 11) is 0. The summed E-state index contributed by atoms with van der Waals surface area (Å²) in [6, 6.07) is 12.5. The normalized spacial score (nSPS) is 10.6. The third-order valence-corrected chi connectivity index (χ3v) is 2.54. The Labute approximate surface area is 96.1 Å². The lowest BCUT2D eigenvalue weighted by molar-refractivity contribution is 0.606. The fourth-order valence-electron chi connectivity index (χ4n) is 1.66. The van der Waals surface area contributed by atoms with Gasteiger partial charge in [-0.3, -0.25) is 4.68 Å². The van der Waals surface area contributed by atoms with Crippen molar-refractivity contribution in [2.75, 3.05) is 6.54 Å². The average molecular weight is 215 g/mol. The SMILES string of the molecule is CCNCc1ccnn1Cc1ccccc1. The van der Waals surface area contributed by atoms with Gasteiger partial charge in [-0.15, -0.1) is 0 Å². The van der Waals surface area contributed by atoms with Crippen molar-refractivity contribution < 1.29 is 0 Å². The minimum Gasteiger partial charge on any atom is -0.311 e. The van der Waals surface area contributed by atoms with Crippen molar-refractivity contribution in [3.8, 4) is 0 Å². The second-order valence-corrected chi connectivity index (χ2v) is 3.75. The zero-order chi connectivity index (χ0) is 11.2. The van der Waals surface area contributed by atoms with Gasteiger partial charge in [0.05, 0.1) is 12.2 Å². The lowest BCUT2D eigenvalue weighted by Crippen LogP contribution is -2.16. The van der Waals surface area contributed by atoms with Crippen LogP contribution >= 0.6 is 0 Å². The fraction of sp³-hybridized carbons (Fsp3) is 0.308. The van der Waals surface area contributed by atoms with Crippen LogP contribution in [-0.2, 0) is 13.1 Å². The molecule has 1 aromatic heterocycles. The Balaban J connectivity index is 2.07. The van der Waals surface area contributed by atoms with Crippen LogP contribution in [0.25, 0.3) is 0 Å². The standard InChI is InChI=1S/C13H17N3/c1-2-14-10-13-8-9-15-16(13)11-12-6-4-3-5-7-12/h3-9,14H,2,10-11H2,1H3. The van der Waals surface area contributed by atoms with E-state index in [-0.39, 0.29) is 0 Å². The van der Waals surface area contributed by atoms with Crippen LogP contribution in [0, 0.1) is 0 Å². The van der Waals surface area contributed by atoms with E-state index in [1.54, 1.807) is 0 Å². The van der Waals surface area contributed by atoms with Crippen LogP contribution < -0.4 is 5.32 Å². The molecule has 0 fully saturated rings. The number of nitrogens with one attached hydrogen (secondary N) is 1. The first kappa shape index (κ1) is 10.9. The summed E-state index contributed by atoms with van der Waals surface area (Å²) in [4.78, 5) is 0. The number of rotatable bonds is 5. The van der Waals surface area contributed by atoms with Crippen LogP contribution in [0.3, 0.4) is 0 Å². The zero-order valence-electron chi connectivity index (χ0n) is 9.56. The Bertz CT molecular complexity index is 420. The van der Waals surface area contributed by atoms with Gasteiger partial charge in [0, 0.05) is 12.7 Å². The van der Waals surface area contributed by atoms with Crippen molar-refractivity contribution in [2.24, 2.45) is 0 Å². The molecule has 0 atom stereocenters. The highest BCUT2D eigenvalue weighted by Crippen LogP contribution is 2.05. The molecule has 0 aliphatic rings. The Kier molecular flexibility index (Phi) is 3.72. The lowest BCUT2D eigenvalue weighted by Gasteiger charge is -2.07. The van der Waals surface area contributed by atoms with Gasteiger partial charge in [-0.1, -0.05) is 37.3 Å². The second kappa shape index (κ2) is 5.47. The van der Waals surface area contributed by atoms with E-state index in [1.807, 2.05) is 16.9 Å². The summed E-state index contributed by atoms with van der Waals surface area (Å²) in [5, 5.41) is 7.66. The highest BCUT2D eigenvalue weighted by atomic mass is 15.3. The van der Waals surface area contributed by atoms with Crippen molar-refractivity contribution >= 4 is 0 Å². The van der Waals surface area contributed by atoms with Crippen LogP contribution in [-0.4, -0.2) is 16.3 Å². The van der Waals surface area contributed by atoms with Gasteiger partial charge in [-0.2, -0.15) is 5.10 Å². The van der Waals surface area contributed by atoms with Crippen LogP contribution in [0.4, 0.5) is 0 Å². The molecule has 1 heterocycles. The van der Waals surface area contributed by atoms with Crippen molar-refractivity contribution in [3.05, 3.63) is 53.9 Å². The molecule has 0 amide bonds. The van der Waals surface area contributed by atoms with Gasteiger partial charge in [0.15, 0.2) is 0 Å². The molecule has 0 spiro atoms. The van der Waals surface area contributed by atoms with Gasteiger partial charge >= 0.3 is 0 Å². The molecular formula is C13H17N3. The quantitative estimate of drug-likeness (QED) is 0.827. The van der Waals surface area contributed by atoms with Gasteiger partial charge in [-0.25, -0.2) is 0 Å². The van der Waals surface area contributed by atoms with Gasteiger partial charge in [-0.05, 0) is 18.2 Å². The van der Waals surface area contributed by atoms with Crippen molar-refractivity contribution in [1.29, 1.82) is 0 Å². The van der Waals surface area contributed by atoms with Crippen LogP contribution in [0.15, 0.2) is 42.6 Å². The van der Waals surface area contributed by atoms with E-state index in [2.05, 4.69) is 47.7 Å². The Hall–Kier alpha value is -1.61. The largest absolute Gasteiger partial charge is 0.311 e. The highest BCUT2D eigenvalue weighted by molar-refractivity contribution is 5.15. The molecule has 3 nitrogen and oxygen atoms in total. The van der Waals surface area contributed by atoms with E-state index in [4.69, 9.17) is 0 Å². The molecule has 16 heavy (non-hydrogen) atoms. The number of benzene rings is 1. The van der Waals surface area contributed by atoms with Gasteiger partial charge in [0.25, 0.3) is 0 Å². The minimum atomic E-state index is 0.842. The topological polar surface area (TPSA) is 29.9 Å². The fourth-order valence-corrected chi connectivity index (χ4v) is 1.66. The first-order valence-corrected chi connectivity index (χ1v) is 5.65. The molecule has 84 valence electrons. The Morgan fingerprint density at radius 3 is 2.75 bits per heavy atom. The van der Waals surface area contributed by atoms with E-state index in [0.29, 0.717) is 0 Å². The van der Waals surface area contributed by atoms with Crippen LogP contribution in [0.5, 0.6) is 0 Å². The molecule has 0 bridgehead atoms. The smallest absolute Gasteiger partial charge is 0.0663 e. The van der Waals surface area contributed by atoms with Gasteiger partial charge in [0.2, 0.25) is 0 Å². The highest BCUT2D eigenvalue weighted by Gasteiger charge is 2.01. The van der Waals surface area contributed by atoms with E-state index < -0.39 is 0 Å². The van der Waals surface area contributed by atoms with Crippen LogP contribution in [0.1, 0.15) is 18.2 Å². The molecular weight excluding hydrogens is 198 g/mol. The molecule has 3 heteroatoms. The first-order chi connectivity index (χ1) is 7.90. The van der Waals surface area contributed by atoms with E-state index in [1.165, 1.54) is 11.3 Å². The maximum atomic E-state index is 4.34. The van der Waals surface area contributed by atoms with E-state index in [0.717, 1.165) is 19.6 Å². The maximum Gasteiger partial charge on any atom is 0.0663 e. The lowest BCUT2D eigenvalue weighted by atomic mass is 10.2.